The molecule has 0 aliphatic rings. The van der Waals surface area contributed by atoms with Crippen LogP contribution in [0.1, 0.15) is 11.3 Å². The zero-order chi connectivity index (χ0) is 26.0. The lowest BCUT2D eigenvalue weighted by atomic mass is 10.2. The maximum Gasteiger partial charge on any atom is 0.295 e. The van der Waals surface area contributed by atoms with E-state index >= 15 is 0 Å². The highest BCUT2D eigenvalue weighted by Crippen LogP contribution is 2.27. The molecular weight excluding hydrogens is 544 g/mol. The van der Waals surface area contributed by atoms with Crippen molar-refractivity contribution in [3.8, 4) is 5.69 Å². The molecule has 1 N–H and O–H groups in total. The van der Waals surface area contributed by atoms with Gasteiger partial charge in [0, 0.05) is 11.5 Å². The minimum Gasteiger partial charge on any atom is -0.318 e. The number of aryl methyl sites for hydroxylation is 1. The summed E-state index contributed by atoms with van der Waals surface area (Å²) < 4.78 is 31.9. The number of nitrogens with one attached hydrogen (secondary N) is 1. The summed E-state index contributed by atoms with van der Waals surface area (Å²) >= 11 is 3.37. The molecule has 3 aromatic carbocycles. The third kappa shape index (κ3) is 5.00. The molecule has 0 saturated heterocycles. The van der Waals surface area contributed by atoms with Crippen LogP contribution >= 0.6 is 15.9 Å². The van der Waals surface area contributed by atoms with Gasteiger partial charge in [-0.2, -0.15) is 0 Å². The fourth-order valence-electron chi connectivity index (χ4n) is 3.81. The van der Waals surface area contributed by atoms with Gasteiger partial charge in [-0.25, -0.2) is 13.1 Å². The topological polar surface area (TPSA) is 93.4 Å². The number of aromatic nitrogens is 2. The predicted octanol–water partition coefficient (Wildman–Crippen LogP) is 4.39. The number of hydrogen-bond donors (Lipinski definition) is 1. The molecule has 1 aromatic heterocycles. The van der Waals surface area contributed by atoms with E-state index in [0.717, 1.165) is 9.87 Å². The van der Waals surface area contributed by atoms with Gasteiger partial charge in [0.1, 0.15) is 12.2 Å². The first-order chi connectivity index (χ1) is 17.1. The van der Waals surface area contributed by atoms with Crippen LogP contribution in [-0.2, 0) is 21.9 Å². The first-order valence-corrected chi connectivity index (χ1v) is 13.3. The number of nitrogens with zero attached hydrogens (tertiary/aromatic N) is 3. The van der Waals surface area contributed by atoms with Gasteiger partial charge in [-0.05, 0) is 56.3 Å². The zero-order valence-electron chi connectivity index (χ0n) is 20.0. The second-order valence-corrected chi connectivity index (χ2v) is 11.1. The Morgan fingerprint density at radius 1 is 0.972 bits per heavy atom. The molecule has 1 heterocycles. The predicted molar refractivity (Wildman–Crippen MR) is 144 cm³/mol. The van der Waals surface area contributed by atoms with Crippen molar-refractivity contribution in [3.63, 3.8) is 0 Å². The molecule has 0 fully saturated rings. The van der Waals surface area contributed by atoms with Crippen LogP contribution in [0.3, 0.4) is 0 Å². The Balaban J connectivity index is 1.70. The highest BCUT2D eigenvalue weighted by Gasteiger charge is 2.28. The minimum atomic E-state index is -4.08. The molecule has 36 heavy (non-hydrogen) atoms. The van der Waals surface area contributed by atoms with Crippen molar-refractivity contribution < 1.29 is 13.2 Å². The lowest BCUT2D eigenvalue weighted by Gasteiger charge is -2.24. The summed E-state index contributed by atoms with van der Waals surface area (Å²) in [6.07, 6.45) is 0. The number of halogens is 1. The van der Waals surface area contributed by atoms with Crippen LogP contribution in [0.15, 0.2) is 93.0 Å². The van der Waals surface area contributed by atoms with E-state index in [9.17, 15) is 18.0 Å². The van der Waals surface area contributed by atoms with E-state index in [1.807, 2.05) is 25.1 Å². The van der Waals surface area contributed by atoms with Crippen LogP contribution in [0, 0.1) is 13.8 Å². The lowest BCUT2D eigenvalue weighted by Crippen LogP contribution is -2.38. The number of sulfonamides is 1. The van der Waals surface area contributed by atoms with E-state index in [4.69, 9.17) is 0 Å². The summed E-state index contributed by atoms with van der Waals surface area (Å²) in [5, 5.41) is 2.65. The van der Waals surface area contributed by atoms with E-state index in [1.54, 1.807) is 67.2 Å². The summed E-state index contributed by atoms with van der Waals surface area (Å²) in [4.78, 5) is 26.4. The van der Waals surface area contributed by atoms with Crippen LogP contribution in [-0.4, -0.2) is 30.2 Å². The number of rotatable bonds is 7. The largest absolute Gasteiger partial charge is 0.318 e. The Bertz CT molecular complexity index is 1580. The molecule has 0 aliphatic heterocycles. The Morgan fingerprint density at radius 2 is 1.64 bits per heavy atom. The van der Waals surface area contributed by atoms with Gasteiger partial charge in [-0.15, -0.1) is 0 Å². The van der Waals surface area contributed by atoms with Gasteiger partial charge < -0.3 is 5.32 Å². The van der Waals surface area contributed by atoms with E-state index in [-0.39, 0.29) is 10.6 Å². The Labute approximate surface area is 218 Å². The molecule has 4 rings (SSSR count). The number of amides is 1. The molecule has 0 atom stereocenters. The zero-order valence-corrected chi connectivity index (χ0v) is 22.4. The summed E-state index contributed by atoms with van der Waals surface area (Å²) in [6, 6.07) is 22.1. The van der Waals surface area contributed by atoms with Crippen molar-refractivity contribution in [2.24, 2.45) is 7.05 Å². The summed E-state index contributed by atoms with van der Waals surface area (Å²) in [5.41, 5.74) is 2.08. The van der Waals surface area contributed by atoms with E-state index in [2.05, 4.69) is 21.2 Å². The van der Waals surface area contributed by atoms with Crippen molar-refractivity contribution in [2.75, 3.05) is 16.2 Å². The molecule has 0 bridgehead atoms. The Morgan fingerprint density at radius 3 is 2.28 bits per heavy atom. The van der Waals surface area contributed by atoms with Crippen LogP contribution in [0.4, 0.5) is 11.4 Å². The monoisotopic (exact) mass is 568 g/mol. The molecule has 186 valence electrons. The van der Waals surface area contributed by atoms with Crippen LogP contribution in [0.5, 0.6) is 0 Å². The fourth-order valence-corrected chi connectivity index (χ4v) is 5.61. The van der Waals surface area contributed by atoms with Gasteiger partial charge in [0.25, 0.3) is 15.6 Å². The number of anilines is 2. The van der Waals surface area contributed by atoms with E-state index in [1.165, 1.54) is 16.8 Å². The van der Waals surface area contributed by atoms with Gasteiger partial charge in [-0.3, -0.25) is 18.6 Å². The number of benzene rings is 3. The molecule has 0 spiro atoms. The third-order valence-corrected chi connectivity index (χ3v) is 8.09. The fraction of sp³-hybridized carbons (Fsp3) is 0.154. The Kier molecular flexibility index (Phi) is 7.18. The first kappa shape index (κ1) is 25.5. The molecule has 0 aliphatic carbocycles. The quantitative estimate of drug-likeness (QED) is 0.358. The normalized spacial score (nSPS) is 11.3. The minimum absolute atomic E-state index is 0.0585. The van der Waals surface area contributed by atoms with Crippen LogP contribution in [0.2, 0.25) is 0 Å². The standard InChI is InChI=1S/C26H25BrN4O4S/c1-18-12-14-23(15-13-18)36(34,35)30(22-11-7-8-20(27)16-22)17-24(32)28-25-19(2)29(3)31(26(25)33)21-9-5-4-6-10-21/h4-16H,17H2,1-3H3,(H,28,32). The molecular formula is C26H25BrN4O4S. The Hall–Kier alpha value is -3.63. The third-order valence-electron chi connectivity index (χ3n) is 5.81. The average molecular weight is 569 g/mol. The number of hydrogen-bond acceptors (Lipinski definition) is 4. The second kappa shape index (κ2) is 10.2. The number of para-hydroxylation sites is 1. The van der Waals surface area contributed by atoms with Crippen molar-refractivity contribution in [2.45, 2.75) is 18.7 Å². The van der Waals surface area contributed by atoms with Crippen molar-refractivity contribution in [3.05, 3.63) is 105 Å². The van der Waals surface area contributed by atoms with Crippen molar-refractivity contribution >= 4 is 43.2 Å². The maximum absolute atomic E-state index is 13.6. The van der Waals surface area contributed by atoms with Gasteiger partial charge in [0.15, 0.2) is 0 Å². The molecule has 8 nitrogen and oxygen atoms in total. The van der Waals surface area contributed by atoms with E-state index < -0.39 is 28.0 Å². The SMILES string of the molecule is Cc1ccc(S(=O)(=O)N(CC(=O)Nc2c(C)n(C)n(-c3ccccc3)c2=O)c2cccc(Br)c2)cc1. The smallest absolute Gasteiger partial charge is 0.295 e. The molecule has 0 saturated carbocycles. The van der Waals surface area contributed by atoms with Crippen LogP contribution < -0.4 is 15.2 Å². The summed E-state index contributed by atoms with van der Waals surface area (Å²) in [7, 11) is -2.36. The van der Waals surface area contributed by atoms with Crippen LogP contribution in [0.25, 0.3) is 5.69 Å². The highest BCUT2D eigenvalue weighted by molar-refractivity contribution is 9.10. The molecule has 10 heteroatoms. The molecule has 0 unspecified atom stereocenters. The molecule has 0 radical (unpaired) electrons. The summed E-state index contributed by atoms with van der Waals surface area (Å²) in [5.74, 6) is -0.642. The van der Waals surface area contributed by atoms with Gasteiger partial charge in [-0.1, -0.05) is 57.9 Å². The maximum atomic E-state index is 13.6. The number of carbonyl (C=O) groups is 1. The molecule has 1 amide bonds. The second-order valence-electron chi connectivity index (χ2n) is 8.29. The molecule has 4 aromatic rings. The highest BCUT2D eigenvalue weighted by atomic mass is 79.9. The van der Waals surface area contributed by atoms with Gasteiger partial charge in [0.2, 0.25) is 5.91 Å². The van der Waals surface area contributed by atoms with E-state index in [0.29, 0.717) is 21.5 Å². The average Bonchev–Trinajstić information content (AvgIpc) is 3.06. The van der Waals surface area contributed by atoms with Crippen molar-refractivity contribution in [1.29, 1.82) is 0 Å². The first-order valence-electron chi connectivity index (χ1n) is 11.1. The van der Waals surface area contributed by atoms with Crippen molar-refractivity contribution in [1.82, 2.24) is 9.36 Å². The van der Waals surface area contributed by atoms with Gasteiger partial charge >= 0.3 is 0 Å². The van der Waals surface area contributed by atoms with Gasteiger partial charge in [0.05, 0.1) is 22.0 Å². The summed E-state index contributed by atoms with van der Waals surface area (Å²) in [6.45, 7) is 3.05. The lowest BCUT2D eigenvalue weighted by molar-refractivity contribution is -0.114. The number of carbonyl (C=O) groups excluding carboxylic acids is 1.